The largest absolute Gasteiger partial charge is 0.351 e. The van der Waals surface area contributed by atoms with Crippen LogP contribution in [0.15, 0.2) is 24.4 Å². The van der Waals surface area contributed by atoms with Crippen molar-refractivity contribution in [2.24, 2.45) is 5.73 Å². The first kappa shape index (κ1) is 18.9. The van der Waals surface area contributed by atoms with Crippen LogP contribution in [0.5, 0.6) is 0 Å². The fourth-order valence-electron chi connectivity index (χ4n) is 2.75. The van der Waals surface area contributed by atoms with Gasteiger partial charge in [0, 0.05) is 30.0 Å². The van der Waals surface area contributed by atoms with Gasteiger partial charge in [-0.1, -0.05) is 11.8 Å². The summed E-state index contributed by atoms with van der Waals surface area (Å²) in [6.45, 7) is 3.61. The lowest BCUT2D eigenvalue weighted by atomic mass is 10.1. The number of aryl methyl sites for hydroxylation is 1. The monoisotopic (exact) mass is 383 g/mol. The lowest BCUT2D eigenvalue weighted by molar-refractivity contribution is 0.0935. The van der Waals surface area contributed by atoms with Crippen molar-refractivity contribution < 1.29 is 9.59 Å². The molecule has 0 radical (unpaired) electrons. The molecule has 1 aliphatic rings. The van der Waals surface area contributed by atoms with E-state index in [1.165, 1.54) is 11.3 Å². The number of hydrogen-bond donors (Lipinski definition) is 4. The molecule has 1 fully saturated rings. The van der Waals surface area contributed by atoms with Crippen LogP contribution in [-0.2, 0) is 0 Å². The van der Waals surface area contributed by atoms with E-state index in [-0.39, 0.29) is 11.9 Å². The number of urea groups is 1. The topological polar surface area (TPSA) is 109 Å². The van der Waals surface area contributed by atoms with Gasteiger partial charge in [0.05, 0.1) is 10.6 Å². The third kappa shape index (κ3) is 5.29. The molecule has 3 heterocycles. The molecule has 8 heteroatoms. The Bertz CT molecular complexity index is 889. The second-order valence-electron chi connectivity index (χ2n) is 6.30. The molecule has 1 saturated heterocycles. The Kier molecular flexibility index (Phi) is 6.06. The van der Waals surface area contributed by atoms with Crippen molar-refractivity contribution in [3.63, 3.8) is 0 Å². The molecule has 27 heavy (non-hydrogen) atoms. The molecular weight excluding hydrogens is 362 g/mol. The number of primary amides is 1. The predicted octanol–water partition coefficient (Wildman–Crippen LogP) is 1.82. The van der Waals surface area contributed by atoms with Crippen LogP contribution in [0.3, 0.4) is 0 Å². The van der Waals surface area contributed by atoms with E-state index in [2.05, 4.69) is 32.8 Å². The van der Waals surface area contributed by atoms with Gasteiger partial charge in [-0.25, -0.2) is 4.79 Å². The van der Waals surface area contributed by atoms with E-state index in [0.717, 1.165) is 37.2 Å². The number of nitrogens with two attached hydrogens (primary N) is 1. The first-order chi connectivity index (χ1) is 13.0. The average molecular weight is 383 g/mol. The highest BCUT2D eigenvalue weighted by Crippen LogP contribution is 2.27. The van der Waals surface area contributed by atoms with E-state index >= 15 is 0 Å². The molecule has 0 aromatic carbocycles. The number of anilines is 1. The summed E-state index contributed by atoms with van der Waals surface area (Å²) in [5.41, 5.74) is 7.30. The summed E-state index contributed by atoms with van der Waals surface area (Å²) in [6.07, 6.45) is 3.64. The zero-order valence-corrected chi connectivity index (χ0v) is 15.8. The molecule has 0 spiro atoms. The van der Waals surface area contributed by atoms with Gasteiger partial charge in [-0.3, -0.25) is 9.78 Å². The van der Waals surface area contributed by atoms with Gasteiger partial charge in [-0.2, -0.15) is 0 Å². The highest BCUT2D eigenvalue weighted by molar-refractivity contribution is 7.15. The summed E-state index contributed by atoms with van der Waals surface area (Å²) >= 11 is 1.22. The highest BCUT2D eigenvalue weighted by atomic mass is 32.1. The molecule has 1 atom stereocenters. The number of nitrogens with zero attached hydrogens (tertiary/aromatic N) is 1. The van der Waals surface area contributed by atoms with Crippen molar-refractivity contribution in [1.29, 1.82) is 0 Å². The van der Waals surface area contributed by atoms with Gasteiger partial charge in [0.1, 0.15) is 4.88 Å². The number of aromatic nitrogens is 1. The van der Waals surface area contributed by atoms with Gasteiger partial charge in [-0.05, 0) is 44.5 Å². The molecule has 2 aromatic heterocycles. The first-order valence-corrected chi connectivity index (χ1v) is 9.49. The Labute approximate surface area is 161 Å². The minimum atomic E-state index is -0.719. The van der Waals surface area contributed by atoms with Crippen molar-refractivity contribution in [1.82, 2.24) is 15.6 Å². The quantitative estimate of drug-likeness (QED) is 0.606. The van der Waals surface area contributed by atoms with Gasteiger partial charge in [0.2, 0.25) is 0 Å². The molecule has 7 nitrogen and oxygen atoms in total. The third-order valence-corrected chi connectivity index (χ3v) is 5.12. The van der Waals surface area contributed by atoms with Crippen LogP contribution in [0.4, 0.5) is 10.5 Å². The molecule has 3 rings (SSSR count). The SMILES string of the molecule is Cc1ccc(C#Cc2cc(NC(N)=O)c(C(=O)NC3CCCNC3)s2)cn1. The van der Waals surface area contributed by atoms with Crippen LogP contribution >= 0.6 is 11.3 Å². The summed E-state index contributed by atoms with van der Waals surface area (Å²) in [5, 5.41) is 8.77. The molecular formula is C19H21N5O2S. The van der Waals surface area contributed by atoms with Gasteiger partial charge in [0.15, 0.2) is 0 Å². The van der Waals surface area contributed by atoms with Gasteiger partial charge in [0.25, 0.3) is 5.91 Å². The van der Waals surface area contributed by atoms with E-state index in [4.69, 9.17) is 5.73 Å². The lowest BCUT2D eigenvalue weighted by Gasteiger charge is -2.23. The predicted molar refractivity (Wildman–Crippen MR) is 106 cm³/mol. The Morgan fingerprint density at radius 1 is 1.37 bits per heavy atom. The van der Waals surface area contributed by atoms with Crippen LogP contribution in [0, 0.1) is 18.8 Å². The third-order valence-electron chi connectivity index (χ3n) is 4.07. The van der Waals surface area contributed by atoms with Crippen molar-refractivity contribution in [3.8, 4) is 11.8 Å². The van der Waals surface area contributed by atoms with Gasteiger partial charge < -0.3 is 21.7 Å². The maximum absolute atomic E-state index is 12.7. The molecule has 0 aliphatic carbocycles. The van der Waals surface area contributed by atoms with Crippen molar-refractivity contribution in [2.75, 3.05) is 18.4 Å². The van der Waals surface area contributed by atoms with Crippen LogP contribution in [-0.4, -0.2) is 36.1 Å². The number of nitrogens with one attached hydrogen (secondary N) is 3. The summed E-state index contributed by atoms with van der Waals surface area (Å²) in [6, 6.07) is 4.79. The van der Waals surface area contributed by atoms with Gasteiger partial charge in [-0.15, -0.1) is 11.3 Å². The molecule has 2 aromatic rings. The van der Waals surface area contributed by atoms with E-state index in [9.17, 15) is 9.59 Å². The zero-order chi connectivity index (χ0) is 19.2. The molecule has 140 valence electrons. The van der Waals surface area contributed by atoms with Crippen molar-refractivity contribution in [2.45, 2.75) is 25.8 Å². The number of pyridine rings is 1. The zero-order valence-electron chi connectivity index (χ0n) is 15.0. The van der Waals surface area contributed by atoms with E-state index < -0.39 is 6.03 Å². The van der Waals surface area contributed by atoms with Crippen LogP contribution in [0.2, 0.25) is 0 Å². The van der Waals surface area contributed by atoms with Crippen LogP contribution < -0.4 is 21.7 Å². The number of rotatable bonds is 3. The van der Waals surface area contributed by atoms with Crippen LogP contribution in [0.1, 0.15) is 38.6 Å². The lowest BCUT2D eigenvalue weighted by Crippen LogP contribution is -2.45. The second-order valence-corrected chi connectivity index (χ2v) is 7.35. The Balaban J connectivity index is 1.81. The number of hydrogen-bond acceptors (Lipinski definition) is 5. The number of carbonyl (C=O) groups excluding carboxylic acids is 2. The second kappa shape index (κ2) is 8.66. The maximum Gasteiger partial charge on any atom is 0.316 e. The standard InChI is InChI=1S/C19H21N5O2S/c1-12-4-5-13(10-22-12)6-7-15-9-16(24-19(20)26)17(27-15)18(25)23-14-3-2-8-21-11-14/h4-5,9-10,14,21H,2-3,8,11H2,1H3,(H,23,25)(H3,20,24,26). The van der Waals surface area contributed by atoms with Crippen molar-refractivity contribution in [3.05, 3.63) is 45.4 Å². The maximum atomic E-state index is 12.7. The molecule has 0 saturated carbocycles. The number of thiophene rings is 1. The smallest absolute Gasteiger partial charge is 0.316 e. The molecule has 3 amide bonds. The summed E-state index contributed by atoms with van der Waals surface area (Å²) in [5.74, 6) is 5.80. The summed E-state index contributed by atoms with van der Waals surface area (Å²) < 4.78 is 0. The normalized spacial score (nSPS) is 16.1. The minimum Gasteiger partial charge on any atom is -0.351 e. The molecule has 0 bridgehead atoms. The Morgan fingerprint density at radius 3 is 2.89 bits per heavy atom. The number of amides is 3. The van der Waals surface area contributed by atoms with Gasteiger partial charge >= 0.3 is 6.03 Å². The average Bonchev–Trinajstić information content (AvgIpc) is 3.04. The van der Waals surface area contributed by atoms with E-state index in [0.29, 0.717) is 15.4 Å². The van der Waals surface area contributed by atoms with E-state index in [1.807, 2.05) is 19.1 Å². The number of carbonyl (C=O) groups is 2. The molecule has 5 N–H and O–H groups in total. The van der Waals surface area contributed by atoms with Crippen LogP contribution in [0.25, 0.3) is 0 Å². The fourth-order valence-corrected chi connectivity index (χ4v) is 3.62. The summed E-state index contributed by atoms with van der Waals surface area (Å²) in [4.78, 5) is 29.2. The first-order valence-electron chi connectivity index (χ1n) is 8.68. The van der Waals surface area contributed by atoms with Crippen molar-refractivity contribution >= 4 is 29.0 Å². The van der Waals surface area contributed by atoms with E-state index in [1.54, 1.807) is 12.3 Å². The molecule has 1 unspecified atom stereocenters. The summed E-state index contributed by atoms with van der Waals surface area (Å²) in [7, 11) is 0. The Hall–Kier alpha value is -2.89. The minimum absolute atomic E-state index is 0.0722. The fraction of sp³-hybridized carbons (Fsp3) is 0.316. The highest BCUT2D eigenvalue weighted by Gasteiger charge is 2.21. The Morgan fingerprint density at radius 2 is 2.22 bits per heavy atom. The number of piperidine rings is 1. The molecule has 1 aliphatic heterocycles.